The minimum Gasteiger partial charge on any atom is -0.456 e. The summed E-state index contributed by atoms with van der Waals surface area (Å²) in [5.41, 5.74) is 7.77. The molecule has 0 N–H and O–H groups in total. The smallest absolute Gasteiger partial charge is 0.238 e. The Morgan fingerprint density at radius 1 is 0.373 bits per heavy atom. The molecule has 4 heterocycles. The zero-order chi connectivity index (χ0) is 38.6. The Bertz CT molecular complexity index is 3870. The molecule has 0 aliphatic carbocycles. The normalized spacial score (nSPS) is 12.1. The third kappa shape index (κ3) is 4.94. The van der Waals surface area contributed by atoms with E-state index in [9.17, 15) is 0 Å². The van der Waals surface area contributed by atoms with Crippen LogP contribution < -0.4 is 0 Å². The molecule has 13 rings (SSSR count). The molecule has 6 heteroatoms. The van der Waals surface area contributed by atoms with Crippen molar-refractivity contribution in [3.63, 3.8) is 0 Å². The van der Waals surface area contributed by atoms with Gasteiger partial charge in [-0.05, 0) is 58.1 Å². The van der Waals surface area contributed by atoms with Crippen LogP contribution in [0.4, 0.5) is 0 Å². The molecule has 0 radical (unpaired) electrons. The molecule has 59 heavy (non-hydrogen) atoms. The van der Waals surface area contributed by atoms with Gasteiger partial charge >= 0.3 is 0 Å². The van der Waals surface area contributed by atoms with E-state index < -0.39 is 0 Å². The molecular weight excluding hydrogens is 741 g/mol. The van der Waals surface area contributed by atoms with E-state index in [1.54, 1.807) is 0 Å². The van der Waals surface area contributed by atoms with Gasteiger partial charge in [-0.1, -0.05) is 146 Å². The van der Waals surface area contributed by atoms with Crippen molar-refractivity contribution in [1.29, 1.82) is 0 Å². The zero-order valence-corrected chi connectivity index (χ0v) is 32.2. The van der Waals surface area contributed by atoms with Crippen molar-refractivity contribution in [3.05, 3.63) is 182 Å². The second-order valence-corrected chi connectivity index (χ2v) is 16.3. The van der Waals surface area contributed by atoms with E-state index in [0.717, 1.165) is 87.5 Å². The Hall–Kier alpha value is -7.67. The number of hydrogen-bond acceptors (Lipinski definition) is 5. The van der Waals surface area contributed by atoms with Crippen LogP contribution in [0.2, 0.25) is 0 Å². The third-order valence-corrected chi connectivity index (χ3v) is 13.0. The van der Waals surface area contributed by atoms with Crippen molar-refractivity contribution in [1.82, 2.24) is 19.5 Å². The first-order valence-electron chi connectivity index (χ1n) is 19.8. The molecule has 0 bridgehead atoms. The molecule has 0 aliphatic heterocycles. The minimum atomic E-state index is 0.551. The van der Waals surface area contributed by atoms with Gasteiger partial charge in [0.15, 0.2) is 11.6 Å². The monoisotopic (exact) mass is 770 g/mol. The fraction of sp³-hybridized carbons (Fsp3) is 0. The molecule has 4 aromatic heterocycles. The Kier molecular flexibility index (Phi) is 6.82. The summed E-state index contributed by atoms with van der Waals surface area (Å²) in [6.07, 6.45) is 0. The number of thiophene rings is 1. The Morgan fingerprint density at radius 2 is 0.983 bits per heavy atom. The molecule has 5 nitrogen and oxygen atoms in total. The molecule has 0 amide bonds. The van der Waals surface area contributed by atoms with Gasteiger partial charge in [0.05, 0.1) is 11.0 Å². The average molecular weight is 771 g/mol. The summed E-state index contributed by atoms with van der Waals surface area (Å²) in [6.45, 7) is 0. The first kappa shape index (κ1) is 32.4. The Morgan fingerprint density at radius 3 is 1.88 bits per heavy atom. The summed E-state index contributed by atoms with van der Waals surface area (Å²) >= 11 is 1.84. The maximum atomic E-state index is 6.38. The SMILES string of the molecule is c1ccc2cc(-c3nc(-c4ccc5c(c4)oc4ccccc45)nc(-n4c5c(-c6ccc7c(c6)sc6ccccc67)cccc5c5ccc6ccccc6c54)n3)ccc2c1. The van der Waals surface area contributed by atoms with Gasteiger partial charge in [-0.25, -0.2) is 4.98 Å². The lowest BCUT2D eigenvalue weighted by molar-refractivity contribution is 0.669. The quantitative estimate of drug-likeness (QED) is 0.179. The van der Waals surface area contributed by atoms with Gasteiger partial charge in [0, 0.05) is 63.8 Å². The highest BCUT2D eigenvalue weighted by Gasteiger charge is 2.23. The standard InChI is InChI=1S/C53H30N4OS/c1-2-12-33-28-35(21-20-31(33)10-1)51-54-52(36-24-25-40-39-14-5-7-18-45(39)58-46(40)29-36)56-53(55-51)57-49-37-13-4-3-11-32(37)22-27-44(49)43-17-9-16-38(50(43)57)34-23-26-42-41-15-6-8-19-47(41)59-48(42)30-34/h1-30H. The molecule has 0 saturated heterocycles. The van der Waals surface area contributed by atoms with Gasteiger partial charge in [0.1, 0.15) is 11.2 Å². The second kappa shape index (κ2) is 12.4. The summed E-state index contributed by atoms with van der Waals surface area (Å²) in [5, 5.41) is 11.5. The van der Waals surface area contributed by atoms with Crippen molar-refractivity contribution in [2.24, 2.45) is 0 Å². The number of aromatic nitrogens is 4. The van der Waals surface area contributed by atoms with Crippen molar-refractivity contribution < 1.29 is 4.42 Å². The molecule has 0 unspecified atom stereocenters. The number of rotatable bonds is 4. The maximum absolute atomic E-state index is 6.38. The molecule has 0 fully saturated rings. The first-order valence-corrected chi connectivity index (χ1v) is 20.6. The van der Waals surface area contributed by atoms with E-state index in [-0.39, 0.29) is 0 Å². The predicted molar refractivity (Wildman–Crippen MR) is 246 cm³/mol. The Balaban J connectivity index is 1.13. The molecule has 0 aliphatic rings. The largest absolute Gasteiger partial charge is 0.456 e. The summed E-state index contributed by atoms with van der Waals surface area (Å²) in [7, 11) is 0. The lowest BCUT2D eigenvalue weighted by Crippen LogP contribution is -2.07. The van der Waals surface area contributed by atoms with E-state index in [4.69, 9.17) is 19.4 Å². The lowest BCUT2D eigenvalue weighted by Gasteiger charge is -2.14. The average Bonchev–Trinajstić information content (AvgIpc) is 3.98. The number of nitrogens with zero attached hydrogens (tertiary/aromatic N) is 4. The number of fused-ring (bicyclic) bond motifs is 12. The van der Waals surface area contributed by atoms with E-state index in [1.165, 1.54) is 20.2 Å². The van der Waals surface area contributed by atoms with Crippen LogP contribution in [-0.4, -0.2) is 19.5 Å². The molecule has 13 aromatic rings. The maximum Gasteiger partial charge on any atom is 0.238 e. The van der Waals surface area contributed by atoms with Crippen LogP contribution >= 0.6 is 11.3 Å². The van der Waals surface area contributed by atoms with E-state index in [2.05, 4.69) is 168 Å². The highest BCUT2D eigenvalue weighted by Crippen LogP contribution is 2.43. The summed E-state index contributed by atoms with van der Waals surface area (Å²) in [4.78, 5) is 16.1. The fourth-order valence-electron chi connectivity index (χ4n) is 9.07. The summed E-state index contributed by atoms with van der Waals surface area (Å²) < 4.78 is 11.2. The molecule has 9 aromatic carbocycles. The van der Waals surface area contributed by atoms with Crippen molar-refractivity contribution in [3.8, 4) is 39.9 Å². The van der Waals surface area contributed by atoms with Crippen LogP contribution in [0.25, 0.3) is 125 Å². The van der Waals surface area contributed by atoms with Crippen LogP contribution in [0.1, 0.15) is 0 Å². The van der Waals surface area contributed by atoms with Gasteiger partial charge in [0.25, 0.3) is 0 Å². The molecule has 0 atom stereocenters. The Labute approximate surface area is 341 Å². The highest BCUT2D eigenvalue weighted by molar-refractivity contribution is 7.25. The van der Waals surface area contributed by atoms with Crippen LogP contribution in [0, 0.1) is 0 Å². The van der Waals surface area contributed by atoms with Crippen LogP contribution in [0.5, 0.6) is 0 Å². The van der Waals surface area contributed by atoms with Gasteiger partial charge in [-0.3, -0.25) is 4.57 Å². The van der Waals surface area contributed by atoms with E-state index in [0.29, 0.717) is 17.6 Å². The lowest BCUT2D eigenvalue weighted by atomic mass is 10.00. The topological polar surface area (TPSA) is 56.7 Å². The van der Waals surface area contributed by atoms with Crippen molar-refractivity contribution in [2.45, 2.75) is 0 Å². The number of furan rings is 1. The number of hydrogen-bond donors (Lipinski definition) is 0. The van der Waals surface area contributed by atoms with Crippen LogP contribution in [0.3, 0.4) is 0 Å². The molecular formula is C53H30N4OS. The second-order valence-electron chi connectivity index (χ2n) is 15.2. The predicted octanol–water partition coefficient (Wildman–Crippen LogP) is 14.5. The number of para-hydroxylation sites is 2. The minimum absolute atomic E-state index is 0.551. The third-order valence-electron chi connectivity index (χ3n) is 11.8. The number of benzene rings is 9. The molecule has 0 saturated carbocycles. The first-order chi connectivity index (χ1) is 29.2. The van der Waals surface area contributed by atoms with Crippen LogP contribution in [0.15, 0.2) is 186 Å². The van der Waals surface area contributed by atoms with Crippen LogP contribution in [-0.2, 0) is 0 Å². The van der Waals surface area contributed by atoms with Gasteiger partial charge < -0.3 is 4.42 Å². The molecule has 274 valence electrons. The van der Waals surface area contributed by atoms with Crippen molar-refractivity contribution >= 4 is 96.8 Å². The zero-order valence-electron chi connectivity index (χ0n) is 31.4. The molecule has 0 spiro atoms. The van der Waals surface area contributed by atoms with Gasteiger partial charge in [0.2, 0.25) is 5.95 Å². The fourth-order valence-corrected chi connectivity index (χ4v) is 10.2. The summed E-state index contributed by atoms with van der Waals surface area (Å²) in [5.74, 6) is 1.72. The van der Waals surface area contributed by atoms with E-state index >= 15 is 0 Å². The van der Waals surface area contributed by atoms with E-state index in [1.807, 2.05) is 29.5 Å². The van der Waals surface area contributed by atoms with Crippen molar-refractivity contribution in [2.75, 3.05) is 0 Å². The summed E-state index contributed by atoms with van der Waals surface area (Å²) in [6, 6.07) is 64.5. The highest BCUT2D eigenvalue weighted by atomic mass is 32.1. The van der Waals surface area contributed by atoms with Gasteiger partial charge in [-0.15, -0.1) is 11.3 Å². The van der Waals surface area contributed by atoms with Gasteiger partial charge in [-0.2, -0.15) is 9.97 Å².